The molecule has 0 atom stereocenters. The number of hydrogen-bond donors (Lipinski definition) is 1. The Morgan fingerprint density at radius 2 is 2.12 bits per heavy atom. The van der Waals surface area contributed by atoms with Crippen LogP contribution >= 0.6 is 0 Å². The highest BCUT2D eigenvalue weighted by atomic mass is 16.6. The van der Waals surface area contributed by atoms with E-state index in [4.69, 9.17) is 0 Å². The van der Waals surface area contributed by atoms with Crippen LogP contribution in [0.2, 0.25) is 0 Å². The van der Waals surface area contributed by atoms with E-state index in [9.17, 15) is 19.7 Å². The van der Waals surface area contributed by atoms with Gasteiger partial charge in [-0.3, -0.25) is 19.6 Å². The zero-order chi connectivity index (χ0) is 19.0. The maximum Gasteiger partial charge on any atom is 0.337 e. The van der Waals surface area contributed by atoms with Gasteiger partial charge in [-0.15, -0.1) is 0 Å². The predicted molar refractivity (Wildman–Crippen MR) is 91.2 cm³/mol. The maximum atomic E-state index is 12.3. The lowest BCUT2D eigenvalue weighted by atomic mass is 10.1. The normalized spacial score (nSPS) is 10.9. The van der Waals surface area contributed by atoms with Crippen molar-refractivity contribution in [3.8, 4) is 0 Å². The van der Waals surface area contributed by atoms with Crippen LogP contribution in [-0.2, 0) is 11.3 Å². The maximum absolute atomic E-state index is 12.3. The average Bonchev–Trinajstić information content (AvgIpc) is 2.87. The van der Waals surface area contributed by atoms with Crippen LogP contribution in [0.25, 0.3) is 10.9 Å². The fourth-order valence-corrected chi connectivity index (χ4v) is 2.76. The number of benzene rings is 1. The van der Waals surface area contributed by atoms with Gasteiger partial charge in [-0.05, 0) is 32.0 Å². The zero-order valence-electron chi connectivity index (χ0n) is 14.3. The lowest BCUT2D eigenvalue weighted by Gasteiger charge is -2.06. The molecule has 10 nitrogen and oxygen atoms in total. The number of aromatic amines is 1. The largest absolute Gasteiger partial charge is 0.465 e. The molecule has 26 heavy (non-hydrogen) atoms. The lowest BCUT2D eigenvalue weighted by molar-refractivity contribution is -0.386. The second-order valence-electron chi connectivity index (χ2n) is 5.67. The van der Waals surface area contributed by atoms with Crippen LogP contribution in [0.3, 0.4) is 0 Å². The molecule has 2 heterocycles. The molecule has 0 unspecified atom stereocenters. The SMILES string of the molecule is COC(=O)c1ccc2c(=O)[nH]c(Cn3nc(C)c([N+](=O)[O-])c3C)nc2c1. The van der Waals surface area contributed by atoms with E-state index in [0.717, 1.165) is 0 Å². The molecule has 1 N–H and O–H groups in total. The van der Waals surface area contributed by atoms with Crippen molar-refractivity contribution >= 4 is 22.6 Å². The molecule has 0 aliphatic rings. The number of H-pyrrole nitrogens is 1. The van der Waals surface area contributed by atoms with Gasteiger partial charge in [0.05, 0.1) is 35.0 Å². The first-order valence-electron chi connectivity index (χ1n) is 7.61. The molecule has 0 radical (unpaired) electrons. The van der Waals surface area contributed by atoms with E-state index in [-0.39, 0.29) is 34.9 Å². The van der Waals surface area contributed by atoms with Crippen LogP contribution in [0.1, 0.15) is 27.6 Å². The number of rotatable bonds is 4. The highest BCUT2D eigenvalue weighted by Crippen LogP contribution is 2.22. The Kier molecular flexibility index (Phi) is 4.24. The van der Waals surface area contributed by atoms with Gasteiger partial charge in [-0.1, -0.05) is 0 Å². The average molecular weight is 357 g/mol. The molecule has 134 valence electrons. The van der Waals surface area contributed by atoms with Gasteiger partial charge in [0.1, 0.15) is 17.2 Å². The Balaban J connectivity index is 2.06. The smallest absolute Gasteiger partial charge is 0.337 e. The monoisotopic (exact) mass is 357 g/mol. The summed E-state index contributed by atoms with van der Waals surface area (Å²) in [5.41, 5.74) is 0.786. The Hall–Kier alpha value is -3.56. The van der Waals surface area contributed by atoms with E-state index in [2.05, 4.69) is 19.8 Å². The molecule has 0 saturated carbocycles. The molecular weight excluding hydrogens is 342 g/mol. The molecule has 1 aromatic carbocycles. The predicted octanol–water partition coefficient (Wildman–Crippen LogP) is 1.48. The van der Waals surface area contributed by atoms with Crippen LogP contribution in [0.5, 0.6) is 0 Å². The second-order valence-corrected chi connectivity index (χ2v) is 5.67. The van der Waals surface area contributed by atoms with Crippen molar-refractivity contribution in [1.29, 1.82) is 0 Å². The number of fused-ring (bicyclic) bond motifs is 1. The minimum atomic E-state index is -0.537. The first-order valence-corrected chi connectivity index (χ1v) is 7.61. The number of hydrogen-bond acceptors (Lipinski definition) is 7. The number of methoxy groups -OCH3 is 1. The standard InChI is InChI=1S/C16H15N5O5/c1-8-14(21(24)25)9(2)20(19-8)7-13-17-12-6-10(16(23)26-3)4-5-11(12)15(22)18-13/h4-6H,7H2,1-3H3,(H,17,18,22). The van der Waals surface area contributed by atoms with Crippen molar-refractivity contribution in [3.63, 3.8) is 0 Å². The summed E-state index contributed by atoms with van der Waals surface area (Å²) in [7, 11) is 1.26. The summed E-state index contributed by atoms with van der Waals surface area (Å²) in [6.07, 6.45) is 0. The number of ether oxygens (including phenoxy) is 1. The van der Waals surface area contributed by atoms with E-state index >= 15 is 0 Å². The molecule has 0 amide bonds. The minimum Gasteiger partial charge on any atom is -0.465 e. The Morgan fingerprint density at radius 1 is 1.38 bits per heavy atom. The first kappa shape index (κ1) is 17.3. The number of carbonyl (C=O) groups excluding carboxylic acids is 1. The van der Waals surface area contributed by atoms with Gasteiger partial charge in [-0.2, -0.15) is 5.10 Å². The van der Waals surface area contributed by atoms with Crippen molar-refractivity contribution < 1.29 is 14.5 Å². The number of aromatic nitrogens is 4. The minimum absolute atomic E-state index is 0.0497. The molecular formula is C16H15N5O5. The number of carbonyl (C=O) groups is 1. The molecule has 0 spiro atoms. The van der Waals surface area contributed by atoms with Crippen molar-refractivity contribution in [1.82, 2.24) is 19.7 Å². The zero-order valence-corrected chi connectivity index (χ0v) is 14.3. The molecule has 0 aliphatic heterocycles. The number of nitro groups is 1. The topological polar surface area (TPSA) is 133 Å². The van der Waals surface area contributed by atoms with Gasteiger partial charge >= 0.3 is 11.7 Å². The molecule has 3 aromatic rings. The van der Waals surface area contributed by atoms with Crippen molar-refractivity contribution in [3.05, 3.63) is 61.4 Å². The van der Waals surface area contributed by atoms with Gasteiger partial charge in [0.15, 0.2) is 0 Å². The number of nitrogens with zero attached hydrogens (tertiary/aromatic N) is 4. The summed E-state index contributed by atoms with van der Waals surface area (Å²) in [5.74, 6) is -0.269. The highest BCUT2D eigenvalue weighted by Gasteiger charge is 2.22. The summed E-state index contributed by atoms with van der Waals surface area (Å²) in [6, 6.07) is 4.43. The summed E-state index contributed by atoms with van der Waals surface area (Å²) < 4.78 is 6.07. The lowest BCUT2D eigenvalue weighted by Crippen LogP contribution is -2.16. The Bertz CT molecular complexity index is 1100. The van der Waals surface area contributed by atoms with Gasteiger partial charge in [0.2, 0.25) is 0 Å². The van der Waals surface area contributed by atoms with E-state index in [0.29, 0.717) is 16.6 Å². The van der Waals surface area contributed by atoms with E-state index < -0.39 is 10.9 Å². The van der Waals surface area contributed by atoms with E-state index in [1.165, 1.54) is 30.0 Å². The van der Waals surface area contributed by atoms with Crippen LogP contribution in [0.4, 0.5) is 5.69 Å². The Morgan fingerprint density at radius 3 is 2.73 bits per heavy atom. The summed E-state index contributed by atoms with van der Waals surface area (Å²) in [5, 5.41) is 15.6. The van der Waals surface area contributed by atoms with Crippen LogP contribution in [0.15, 0.2) is 23.0 Å². The third kappa shape index (κ3) is 2.92. The number of esters is 1. The quantitative estimate of drug-likeness (QED) is 0.425. The fraction of sp³-hybridized carbons (Fsp3) is 0.250. The molecule has 2 aromatic heterocycles. The third-order valence-electron chi connectivity index (χ3n) is 4.00. The van der Waals surface area contributed by atoms with Gasteiger partial charge in [0.25, 0.3) is 5.56 Å². The molecule has 0 bridgehead atoms. The Labute approximate surface area is 146 Å². The van der Waals surface area contributed by atoms with Crippen molar-refractivity contribution in [2.24, 2.45) is 0 Å². The van der Waals surface area contributed by atoms with Crippen molar-refractivity contribution in [2.75, 3.05) is 7.11 Å². The third-order valence-corrected chi connectivity index (χ3v) is 4.00. The first-order chi connectivity index (χ1) is 12.3. The second kappa shape index (κ2) is 6.39. The van der Waals surface area contributed by atoms with Crippen LogP contribution in [-0.4, -0.2) is 37.8 Å². The molecule has 3 rings (SSSR count). The van der Waals surface area contributed by atoms with Crippen LogP contribution < -0.4 is 5.56 Å². The summed E-state index contributed by atoms with van der Waals surface area (Å²) in [4.78, 5) is 41.5. The molecule has 0 aliphatic carbocycles. The summed E-state index contributed by atoms with van der Waals surface area (Å²) in [6.45, 7) is 3.17. The van der Waals surface area contributed by atoms with E-state index in [1.54, 1.807) is 13.8 Å². The number of aryl methyl sites for hydroxylation is 1. The van der Waals surface area contributed by atoms with Crippen molar-refractivity contribution in [2.45, 2.75) is 20.4 Å². The molecule has 0 saturated heterocycles. The molecule has 0 fully saturated rings. The highest BCUT2D eigenvalue weighted by molar-refractivity contribution is 5.93. The fourth-order valence-electron chi connectivity index (χ4n) is 2.76. The molecule has 10 heteroatoms. The van der Waals surface area contributed by atoms with Gasteiger partial charge in [0, 0.05) is 0 Å². The van der Waals surface area contributed by atoms with Gasteiger partial charge < -0.3 is 9.72 Å². The van der Waals surface area contributed by atoms with Crippen LogP contribution in [0, 0.1) is 24.0 Å². The van der Waals surface area contributed by atoms with Gasteiger partial charge in [-0.25, -0.2) is 9.78 Å². The summed E-state index contributed by atoms with van der Waals surface area (Å²) >= 11 is 0. The number of nitrogens with one attached hydrogen (secondary N) is 1. The van der Waals surface area contributed by atoms with E-state index in [1.807, 2.05) is 0 Å².